The van der Waals surface area contributed by atoms with Crippen molar-refractivity contribution in [2.45, 2.75) is 32.9 Å². The number of likely N-dealkylation sites (N-methyl/N-ethyl adjacent to an activating group) is 1. The number of nitrogens with zero attached hydrogens (tertiary/aromatic N) is 1. The Kier molecular flexibility index (Phi) is 7.64. The molecule has 0 saturated heterocycles. The van der Waals surface area contributed by atoms with E-state index in [1.165, 1.54) is 5.56 Å². The summed E-state index contributed by atoms with van der Waals surface area (Å²) in [5.41, 5.74) is 1.92. The molecule has 0 aliphatic heterocycles. The zero-order valence-corrected chi connectivity index (χ0v) is 15.0. The minimum atomic E-state index is -0.569. The molecule has 0 heterocycles. The molecule has 25 heavy (non-hydrogen) atoms. The Morgan fingerprint density at radius 1 is 1.08 bits per heavy atom. The third kappa shape index (κ3) is 6.33. The SMILES string of the molecule is CCC(=O)c1ccc(OC[C@H](O)CN(CC)Cc2ccccc2)cc1. The number of hydrogen-bond donors (Lipinski definition) is 1. The number of aliphatic hydroxyl groups excluding tert-OH is 1. The number of aliphatic hydroxyl groups is 1. The summed E-state index contributed by atoms with van der Waals surface area (Å²) in [7, 11) is 0. The zero-order valence-electron chi connectivity index (χ0n) is 15.0. The molecule has 134 valence electrons. The Balaban J connectivity index is 1.80. The van der Waals surface area contributed by atoms with Crippen LogP contribution in [0.2, 0.25) is 0 Å². The molecule has 0 aliphatic rings. The molecule has 0 saturated carbocycles. The molecule has 0 bridgehead atoms. The van der Waals surface area contributed by atoms with Crippen molar-refractivity contribution in [3.05, 3.63) is 65.7 Å². The second-order valence-electron chi connectivity index (χ2n) is 6.08. The lowest BCUT2D eigenvalue weighted by molar-refractivity contribution is 0.0674. The summed E-state index contributed by atoms with van der Waals surface area (Å²) in [6.07, 6.45) is -0.0756. The summed E-state index contributed by atoms with van der Waals surface area (Å²) in [5.74, 6) is 0.781. The third-order valence-corrected chi connectivity index (χ3v) is 4.10. The average molecular weight is 341 g/mol. The zero-order chi connectivity index (χ0) is 18.1. The molecule has 2 rings (SSSR count). The quantitative estimate of drug-likeness (QED) is 0.672. The smallest absolute Gasteiger partial charge is 0.162 e. The first kappa shape index (κ1) is 19.2. The molecule has 2 aromatic rings. The Morgan fingerprint density at radius 2 is 1.76 bits per heavy atom. The van der Waals surface area contributed by atoms with Gasteiger partial charge in [0.2, 0.25) is 0 Å². The predicted molar refractivity (Wildman–Crippen MR) is 100.0 cm³/mol. The van der Waals surface area contributed by atoms with E-state index in [-0.39, 0.29) is 12.4 Å². The van der Waals surface area contributed by atoms with Gasteiger partial charge in [-0.3, -0.25) is 9.69 Å². The minimum absolute atomic E-state index is 0.117. The van der Waals surface area contributed by atoms with Crippen LogP contribution in [-0.4, -0.2) is 41.6 Å². The lowest BCUT2D eigenvalue weighted by Crippen LogP contribution is -2.35. The summed E-state index contributed by atoms with van der Waals surface area (Å²) < 4.78 is 5.64. The highest BCUT2D eigenvalue weighted by Gasteiger charge is 2.12. The first-order chi connectivity index (χ1) is 12.1. The first-order valence-electron chi connectivity index (χ1n) is 8.82. The second kappa shape index (κ2) is 9.97. The van der Waals surface area contributed by atoms with Crippen LogP contribution in [0.1, 0.15) is 36.2 Å². The van der Waals surface area contributed by atoms with Gasteiger partial charge in [-0.25, -0.2) is 0 Å². The number of ether oxygens (including phenoxy) is 1. The van der Waals surface area contributed by atoms with Crippen LogP contribution in [0, 0.1) is 0 Å². The van der Waals surface area contributed by atoms with Crippen molar-refractivity contribution in [1.29, 1.82) is 0 Å². The number of hydrogen-bond acceptors (Lipinski definition) is 4. The second-order valence-corrected chi connectivity index (χ2v) is 6.08. The van der Waals surface area contributed by atoms with Gasteiger partial charge in [-0.05, 0) is 36.4 Å². The maximum absolute atomic E-state index is 11.6. The topological polar surface area (TPSA) is 49.8 Å². The predicted octanol–water partition coefficient (Wildman–Crippen LogP) is 3.54. The van der Waals surface area contributed by atoms with E-state index in [1.54, 1.807) is 24.3 Å². The van der Waals surface area contributed by atoms with Gasteiger partial charge in [0.15, 0.2) is 5.78 Å². The molecule has 0 aliphatic carbocycles. The van der Waals surface area contributed by atoms with Gasteiger partial charge < -0.3 is 9.84 Å². The van der Waals surface area contributed by atoms with E-state index < -0.39 is 6.10 Å². The van der Waals surface area contributed by atoms with Crippen LogP contribution in [0.15, 0.2) is 54.6 Å². The monoisotopic (exact) mass is 341 g/mol. The standard InChI is InChI=1S/C21H27NO3/c1-3-21(24)18-10-12-20(13-11-18)25-16-19(23)15-22(4-2)14-17-8-6-5-7-9-17/h5-13,19,23H,3-4,14-16H2,1-2H3/t19-/m1/s1. The van der Waals surface area contributed by atoms with Crippen molar-refractivity contribution in [3.8, 4) is 5.75 Å². The Morgan fingerprint density at radius 3 is 2.36 bits per heavy atom. The van der Waals surface area contributed by atoms with Crippen LogP contribution in [-0.2, 0) is 6.54 Å². The normalized spacial score (nSPS) is 12.2. The molecule has 0 spiro atoms. The van der Waals surface area contributed by atoms with Crippen molar-refractivity contribution in [2.24, 2.45) is 0 Å². The molecular formula is C21H27NO3. The number of rotatable bonds is 10. The lowest BCUT2D eigenvalue weighted by atomic mass is 10.1. The molecule has 0 radical (unpaired) electrons. The van der Waals surface area contributed by atoms with Gasteiger partial charge >= 0.3 is 0 Å². The molecule has 0 fully saturated rings. The van der Waals surface area contributed by atoms with Gasteiger partial charge in [0.1, 0.15) is 18.5 Å². The van der Waals surface area contributed by atoms with Gasteiger partial charge in [0.25, 0.3) is 0 Å². The lowest BCUT2D eigenvalue weighted by Gasteiger charge is -2.23. The van der Waals surface area contributed by atoms with Crippen molar-refractivity contribution in [3.63, 3.8) is 0 Å². The maximum Gasteiger partial charge on any atom is 0.162 e. The molecule has 1 N–H and O–H groups in total. The summed E-state index contributed by atoms with van der Waals surface area (Å²) in [4.78, 5) is 13.8. The highest BCUT2D eigenvalue weighted by Crippen LogP contribution is 2.14. The molecule has 0 amide bonds. The molecule has 0 unspecified atom stereocenters. The van der Waals surface area contributed by atoms with Crippen LogP contribution >= 0.6 is 0 Å². The van der Waals surface area contributed by atoms with E-state index in [4.69, 9.17) is 4.74 Å². The number of benzene rings is 2. The van der Waals surface area contributed by atoms with Crippen molar-refractivity contribution in [1.82, 2.24) is 4.90 Å². The van der Waals surface area contributed by atoms with E-state index in [0.29, 0.717) is 24.3 Å². The van der Waals surface area contributed by atoms with Gasteiger partial charge in [0, 0.05) is 25.1 Å². The highest BCUT2D eigenvalue weighted by molar-refractivity contribution is 5.95. The van der Waals surface area contributed by atoms with Gasteiger partial charge in [-0.15, -0.1) is 0 Å². The van der Waals surface area contributed by atoms with Crippen molar-refractivity contribution in [2.75, 3.05) is 19.7 Å². The third-order valence-electron chi connectivity index (χ3n) is 4.10. The fourth-order valence-corrected chi connectivity index (χ4v) is 2.63. The molecule has 2 aromatic carbocycles. The van der Waals surface area contributed by atoms with Crippen molar-refractivity contribution < 1.29 is 14.6 Å². The number of carbonyl (C=O) groups excluding carboxylic acids is 1. The van der Waals surface area contributed by atoms with Crippen LogP contribution in [0.5, 0.6) is 5.75 Å². The molecule has 4 heteroatoms. The number of carbonyl (C=O) groups is 1. The van der Waals surface area contributed by atoms with Gasteiger partial charge in [-0.1, -0.05) is 44.2 Å². The first-order valence-corrected chi connectivity index (χ1v) is 8.82. The summed E-state index contributed by atoms with van der Waals surface area (Å²) in [6, 6.07) is 17.3. The average Bonchev–Trinajstić information content (AvgIpc) is 2.66. The van der Waals surface area contributed by atoms with E-state index >= 15 is 0 Å². The fourth-order valence-electron chi connectivity index (χ4n) is 2.63. The summed E-state index contributed by atoms with van der Waals surface area (Å²) in [6.45, 7) is 6.38. The highest BCUT2D eigenvalue weighted by atomic mass is 16.5. The summed E-state index contributed by atoms with van der Waals surface area (Å²) >= 11 is 0. The largest absolute Gasteiger partial charge is 0.491 e. The Hall–Kier alpha value is -2.17. The molecule has 0 aromatic heterocycles. The van der Waals surface area contributed by atoms with E-state index in [0.717, 1.165) is 13.1 Å². The summed E-state index contributed by atoms with van der Waals surface area (Å²) in [5, 5.41) is 10.3. The van der Waals surface area contributed by atoms with Gasteiger partial charge in [0.05, 0.1) is 0 Å². The molecule has 4 nitrogen and oxygen atoms in total. The fraction of sp³-hybridized carbons (Fsp3) is 0.381. The Labute approximate surface area is 150 Å². The Bertz CT molecular complexity index is 640. The van der Waals surface area contributed by atoms with E-state index in [2.05, 4.69) is 24.0 Å². The molecule has 1 atom stereocenters. The van der Waals surface area contributed by atoms with Crippen molar-refractivity contribution >= 4 is 5.78 Å². The van der Waals surface area contributed by atoms with Crippen LogP contribution < -0.4 is 4.74 Å². The molecular weight excluding hydrogens is 314 g/mol. The van der Waals surface area contributed by atoms with Crippen LogP contribution in [0.3, 0.4) is 0 Å². The van der Waals surface area contributed by atoms with E-state index in [9.17, 15) is 9.90 Å². The maximum atomic E-state index is 11.6. The van der Waals surface area contributed by atoms with E-state index in [1.807, 2.05) is 25.1 Å². The number of ketones is 1. The van der Waals surface area contributed by atoms with Crippen LogP contribution in [0.4, 0.5) is 0 Å². The number of Topliss-reactive ketones (excluding diaryl/α,β-unsaturated/α-hetero) is 1. The van der Waals surface area contributed by atoms with Gasteiger partial charge in [-0.2, -0.15) is 0 Å². The minimum Gasteiger partial charge on any atom is -0.491 e. The van der Waals surface area contributed by atoms with Crippen LogP contribution in [0.25, 0.3) is 0 Å².